The summed E-state index contributed by atoms with van der Waals surface area (Å²) in [6.07, 6.45) is 5.44. The van der Waals surface area contributed by atoms with E-state index in [2.05, 4.69) is 23.2 Å². The molecule has 0 atom stereocenters. The zero-order valence-electron chi connectivity index (χ0n) is 10.9. The second kappa shape index (κ2) is 5.41. The van der Waals surface area contributed by atoms with E-state index in [1.807, 2.05) is 12.1 Å². The molecule has 3 heteroatoms. The molecule has 19 heavy (non-hydrogen) atoms. The van der Waals surface area contributed by atoms with Crippen LogP contribution in [0, 0.1) is 0 Å². The van der Waals surface area contributed by atoms with Crippen molar-refractivity contribution in [2.75, 3.05) is 0 Å². The predicted octanol–water partition coefficient (Wildman–Crippen LogP) is 2.61. The lowest BCUT2D eigenvalue weighted by Crippen LogP contribution is -2.02. The van der Waals surface area contributed by atoms with Crippen LogP contribution in [0.1, 0.15) is 28.8 Å². The van der Waals surface area contributed by atoms with Crippen LogP contribution in [0.4, 0.5) is 0 Å². The monoisotopic (exact) mass is 254 g/mol. The molecule has 0 unspecified atom stereocenters. The van der Waals surface area contributed by atoms with Gasteiger partial charge < -0.3 is 10.5 Å². The van der Waals surface area contributed by atoms with Gasteiger partial charge in [0.25, 0.3) is 0 Å². The Balaban J connectivity index is 1.68. The van der Waals surface area contributed by atoms with E-state index >= 15 is 0 Å². The summed E-state index contributed by atoms with van der Waals surface area (Å²) in [6.45, 7) is 1.03. The van der Waals surface area contributed by atoms with Gasteiger partial charge >= 0.3 is 0 Å². The van der Waals surface area contributed by atoms with Gasteiger partial charge in [0.2, 0.25) is 0 Å². The number of rotatable bonds is 4. The lowest BCUT2D eigenvalue weighted by Gasteiger charge is -2.09. The van der Waals surface area contributed by atoms with Crippen molar-refractivity contribution in [1.29, 1.82) is 0 Å². The van der Waals surface area contributed by atoms with E-state index in [4.69, 9.17) is 10.5 Å². The standard InChI is InChI=1S/C16H18N2O/c17-10-15-8-12(6-7-18-15)11-19-16-5-4-13-2-1-3-14(13)9-16/h4-9H,1-3,10-11,17H2. The number of nitrogens with zero attached hydrogens (tertiary/aromatic N) is 1. The molecular weight excluding hydrogens is 236 g/mol. The van der Waals surface area contributed by atoms with Crippen LogP contribution in [0.2, 0.25) is 0 Å². The van der Waals surface area contributed by atoms with E-state index in [9.17, 15) is 0 Å². The van der Waals surface area contributed by atoms with Gasteiger partial charge in [-0.15, -0.1) is 0 Å². The molecule has 0 aliphatic heterocycles. The maximum absolute atomic E-state index is 5.85. The topological polar surface area (TPSA) is 48.1 Å². The number of hydrogen-bond acceptors (Lipinski definition) is 3. The zero-order valence-corrected chi connectivity index (χ0v) is 10.9. The second-order valence-corrected chi connectivity index (χ2v) is 4.93. The van der Waals surface area contributed by atoms with E-state index < -0.39 is 0 Å². The molecule has 0 saturated heterocycles. The van der Waals surface area contributed by atoms with Crippen molar-refractivity contribution in [3.8, 4) is 5.75 Å². The molecule has 1 aromatic carbocycles. The average molecular weight is 254 g/mol. The Morgan fingerprint density at radius 3 is 2.89 bits per heavy atom. The normalized spacial score (nSPS) is 13.3. The molecule has 98 valence electrons. The van der Waals surface area contributed by atoms with Crippen molar-refractivity contribution in [2.24, 2.45) is 5.73 Å². The van der Waals surface area contributed by atoms with Crippen molar-refractivity contribution < 1.29 is 4.74 Å². The molecule has 0 fully saturated rings. The fraction of sp³-hybridized carbons (Fsp3) is 0.312. The SMILES string of the molecule is NCc1cc(COc2ccc3c(c2)CCC3)ccn1. The molecule has 2 aromatic rings. The fourth-order valence-corrected chi connectivity index (χ4v) is 2.53. The smallest absolute Gasteiger partial charge is 0.120 e. The van der Waals surface area contributed by atoms with Crippen LogP contribution in [0.25, 0.3) is 0 Å². The third kappa shape index (κ3) is 2.76. The summed E-state index contributed by atoms with van der Waals surface area (Å²) in [6, 6.07) is 10.4. The van der Waals surface area contributed by atoms with Crippen molar-refractivity contribution in [3.63, 3.8) is 0 Å². The van der Waals surface area contributed by atoms with Crippen LogP contribution < -0.4 is 10.5 Å². The van der Waals surface area contributed by atoms with Crippen LogP contribution >= 0.6 is 0 Å². The molecule has 0 radical (unpaired) electrons. The molecule has 2 N–H and O–H groups in total. The summed E-state index contributed by atoms with van der Waals surface area (Å²) in [5.41, 5.74) is 10.5. The number of benzene rings is 1. The van der Waals surface area contributed by atoms with E-state index in [1.165, 1.54) is 30.4 Å². The highest BCUT2D eigenvalue weighted by atomic mass is 16.5. The lowest BCUT2D eigenvalue weighted by molar-refractivity contribution is 0.305. The van der Waals surface area contributed by atoms with Crippen molar-refractivity contribution in [2.45, 2.75) is 32.4 Å². The van der Waals surface area contributed by atoms with Crippen LogP contribution in [0.3, 0.4) is 0 Å². The molecule has 1 aliphatic rings. The van der Waals surface area contributed by atoms with Gasteiger partial charge in [-0.05, 0) is 60.2 Å². The minimum atomic E-state index is 0.465. The molecule has 0 saturated carbocycles. The number of aromatic nitrogens is 1. The van der Waals surface area contributed by atoms with Crippen LogP contribution in [-0.2, 0) is 26.0 Å². The minimum Gasteiger partial charge on any atom is -0.489 e. The molecule has 3 nitrogen and oxygen atoms in total. The highest BCUT2D eigenvalue weighted by Crippen LogP contribution is 2.26. The van der Waals surface area contributed by atoms with E-state index in [1.54, 1.807) is 6.20 Å². The first-order valence-corrected chi connectivity index (χ1v) is 6.73. The van der Waals surface area contributed by atoms with Gasteiger partial charge in [-0.3, -0.25) is 4.98 Å². The third-order valence-electron chi connectivity index (χ3n) is 3.57. The first-order valence-electron chi connectivity index (χ1n) is 6.73. The lowest BCUT2D eigenvalue weighted by atomic mass is 10.1. The molecular formula is C16H18N2O. The van der Waals surface area contributed by atoms with Crippen LogP contribution in [0.5, 0.6) is 5.75 Å². The number of fused-ring (bicyclic) bond motifs is 1. The maximum Gasteiger partial charge on any atom is 0.120 e. The summed E-state index contributed by atoms with van der Waals surface area (Å²) in [5, 5.41) is 0. The highest BCUT2D eigenvalue weighted by Gasteiger charge is 2.11. The molecule has 1 aliphatic carbocycles. The molecule has 0 spiro atoms. The van der Waals surface area contributed by atoms with Gasteiger partial charge in [0.05, 0.1) is 5.69 Å². The first kappa shape index (κ1) is 12.2. The van der Waals surface area contributed by atoms with Crippen LogP contribution in [-0.4, -0.2) is 4.98 Å². The number of aryl methyl sites for hydroxylation is 2. The molecule has 0 bridgehead atoms. The Kier molecular flexibility index (Phi) is 3.47. The van der Waals surface area contributed by atoms with Crippen LogP contribution in [0.15, 0.2) is 36.5 Å². The zero-order chi connectivity index (χ0) is 13.1. The summed E-state index contributed by atoms with van der Waals surface area (Å²) < 4.78 is 5.85. The van der Waals surface area contributed by atoms with Gasteiger partial charge in [-0.25, -0.2) is 0 Å². The Hall–Kier alpha value is -1.87. The summed E-state index contributed by atoms with van der Waals surface area (Å²) >= 11 is 0. The predicted molar refractivity (Wildman–Crippen MR) is 74.9 cm³/mol. The number of nitrogens with two attached hydrogens (primary N) is 1. The number of hydrogen-bond donors (Lipinski definition) is 1. The van der Waals surface area contributed by atoms with Gasteiger partial charge in [0.15, 0.2) is 0 Å². The number of pyridine rings is 1. The van der Waals surface area contributed by atoms with Gasteiger partial charge in [-0.2, -0.15) is 0 Å². The third-order valence-corrected chi connectivity index (χ3v) is 3.57. The van der Waals surface area contributed by atoms with E-state index in [-0.39, 0.29) is 0 Å². The average Bonchev–Trinajstić information content (AvgIpc) is 2.93. The Morgan fingerprint density at radius 2 is 2.00 bits per heavy atom. The van der Waals surface area contributed by atoms with Gasteiger partial charge in [-0.1, -0.05) is 6.07 Å². The molecule has 1 aromatic heterocycles. The van der Waals surface area contributed by atoms with Crippen molar-refractivity contribution in [3.05, 3.63) is 58.9 Å². The van der Waals surface area contributed by atoms with Crippen molar-refractivity contribution >= 4 is 0 Å². The summed E-state index contributed by atoms with van der Waals surface area (Å²) in [5.74, 6) is 0.951. The quantitative estimate of drug-likeness (QED) is 0.912. The Morgan fingerprint density at radius 1 is 1.11 bits per heavy atom. The van der Waals surface area contributed by atoms with E-state index in [0.29, 0.717) is 13.2 Å². The summed E-state index contributed by atoms with van der Waals surface area (Å²) in [4.78, 5) is 4.18. The fourth-order valence-electron chi connectivity index (χ4n) is 2.53. The molecule has 3 rings (SSSR count). The molecule has 1 heterocycles. The Bertz CT molecular complexity index is 581. The molecule has 0 amide bonds. The Labute approximate surface area is 113 Å². The van der Waals surface area contributed by atoms with E-state index in [0.717, 1.165) is 17.0 Å². The van der Waals surface area contributed by atoms with Gasteiger partial charge in [0.1, 0.15) is 12.4 Å². The van der Waals surface area contributed by atoms with Crippen molar-refractivity contribution in [1.82, 2.24) is 4.98 Å². The van der Waals surface area contributed by atoms with Gasteiger partial charge in [0, 0.05) is 12.7 Å². The second-order valence-electron chi connectivity index (χ2n) is 4.93. The largest absolute Gasteiger partial charge is 0.489 e. The first-order chi connectivity index (χ1) is 9.35. The minimum absolute atomic E-state index is 0.465. The highest BCUT2D eigenvalue weighted by molar-refractivity contribution is 5.38. The number of ether oxygens (including phenoxy) is 1. The summed E-state index contributed by atoms with van der Waals surface area (Å²) in [7, 11) is 0. The maximum atomic E-state index is 5.85.